The van der Waals surface area contributed by atoms with Crippen LogP contribution in [-0.4, -0.2) is 26.6 Å². The summed E-state index contributed by atoms with van der Waals surface area (Å²) >= 11 is 7.12. The van der Waals surface area contributed by atoms with Crippen LogP contribution < -0.4 is 14.8 Å². The summed E-state index contributed by atoms with van der Waals surface area (Å²) in [6.45, 7) is 3.10. The number of aromatic nitrogens is 1. The number of sulfonamides is 1. The number of ether oxygens (including phenoxy) is 1. The minimum atomic E-state index is -3.79. The van der Waals surface area contributed by atoms with Gasteiger partial charge in [-0.05, 0) is 49.4 Å². The lowest BCUT2D eigenvalue weighted by Crippen LogP contribution is -2.11. The Labute approximate surface area is 182 Å². The highest BCUT2D eigenvalue weighted by molar-refractivity contribution is 7.94. The monoisotopic (exact) mass is 467 g/mol. The molecule has 0 aliphatic rings. The van der Waals surface area contributed by atoms with Gasteiger partial charge in [-0.1, -0.05) is 16.8 Å². The summed E-state index contributed by atoms with van der Waals surface area (Å²) in [6, 6.07) is 7.78. The Bertz CT molecular complexity index is 1210. The van der Waals surface area contributed by atoms with Crippen LogP contribution >= 0.6 is 22.9 Å². The number of anilines is 2. The zero-order chi connectivity index (χ0) is 21.9. The van der Waals surface area contributed by atoms with Crippen molar-refractivity contribution in [2.75, 3.05) is 17.1 Å². The Morgan fingerprint density at radius 1 is 1.27 bits per heavy atom. The number of amides is 1. The average Bonchev–Trinajstić information content (AvgIpc) is 3.28. The Kier molecular flexibility index (Phi) is 6.49. The van der Waals surface area contributed by atoms with Gasteiger partial charge in [0.2, 0.25) is 5.91 Å². The first-order chi connectivity index (χ1) is 14.2. The average molecular weight is 468 g/mol. The molecule has 1 aromatic carbocycles. The third-order valence-electron chi connectivity index (χ3n) is 3.86. The molecule has 0 atom stereocenters. The summed E-state index contributed by atoms with van der Waals surface area (Å²) < 4.78 is 38.2. The van der Waals surface area contributed by atoms with Crippen molar-refractivity contribution in [3.05, 3.63) is 51.7 Å². The molecule has 3 aromatic rings. The molecule has 0 unspecified atom stereocenters. The maximum Gasteiger partial charge on any atom is 0.271 e. The summed E-state index contributed by atoms with van der Waals surface area (Å²) in [7, 11) is -2.31. The van der Waals surface area contributed by atoms with Crippen molar-refractivity contribution in [3.8, 4) is 5.75 Å². The van der Waals surface area contributed by atoms with E-state index in [0.29, 0.717) is 38.5 Å². The van der Waals surface area contributed by atoms with Gasteiger partial charge in [0.25, 0.3) is 10.0 Å². The van der Waals surface area contributed by atoms with E-state index in [1.54, 1.807) is 37.3 Å². The number of benzene rings is 1. The Morgan fingerprint density at radius 3 is 2.70 bits per heavy atom. The van der Waals surface area contributed by atoms with Crippen LogP contribution in [0.3, 0.4) is 0 Å². The molecular weight excluding hydrogens is 450 g/mol. The number of carbonyl (C=O) groups excluding carboxylic acids is 1. The smallest absolute Gasteiger partial charge is 0.271 e. The van der Waals surface area contributed by atoms with Gasteiger partial charge in [0.05, 0.1) is 17.8 Å². The predicted octanol–water partition coefficient (Wildman–Crippen LogP) is 4.64. The van der Waals surface area contributed by atoms with E-state index in [2.05, 4.69) is 15.2 Å². The first kappa shape index (κ1) is 21.9. The summed E-state index contributed by atoms with van der Waals surface area (Å²) in [4.78, 5) is 12.0. The quantitative estimate of drug-likeness (QED) is 0.523. The molecular formula is C19H18ClN3O5S2. The molecule has 0 saturated carbocycles. The summed E-state index contributed by atoms with van der Waals surface area (Å²) in [6.07, 6.45) is 3.30. The van der Waals surface area contributed by atoms with Crippen molar-refractivity contribution in [1.29, 1.82) is 0 Å². The van der Waals surface area contributed by atoms with Gasteiger partial charge in [0.15, 0.2) is 5.76 Å². The topological polar surface area (TPSA) is 111 Å². The van der Waals surface area contributed by atoms with Crippen LogP contribution in [0.4, 0.5) is 11.4 Å². The molecule has 2 heterocycles. The molecule has 0 radical (unpaired) electrons. The van der Waals surface area contributed by atoms with E-state index in [1.807, 2.05) is 0 Å². The van der Waals surface area contributed by atoms with Gasteiger partial charge in [0.1, 0.15) is 21.3 Å². The van der Waals surface area contributed by atoms with E-state index < -0.39 is 10.0 Å². The van der Waals surface area contributed by atoms with Gasteiger partial charge in [-0.3, -0.25) is 9.52 Å². The molecule has 158 valence electrons. The highest BCUT2D eigenvalue weighted by Crippen LogP contribution is 2.30. The molecule has 0 fully saturated rings. The van der Waals surface area contributed by atoms with Gasteiger partial charge >= 0.3 is 0 Å². The third-order valence-corrected chi connectivity index (χ3v) is 7.08. The molecule has 0 spiro atoms. The standard InChI is InChI=1S/C19H18ClN3O5S2/c1-11-19(21-12(2)24)17(28-22-11)8-5-14-6-9-18(29-14)30(25,26)23-13-4-7-16(27-3)15(20)10-13/h4-10,23H,1-3H3,(H,21,24). The number of thiophene rings is 1. The van der Waals surface area contributed by atoms with E-state index in [-0.39, 0.29) is 10.1 Å². The third kappa shape index (κ3) is 5.02. The van der Waals surface area contributed by atoms with Crippen molar-refractivity contribution >= 4 is 62.4 Å². The van der Waals surface area contributed by atoms with Crippen molar-refractivity contribution in [2.45, 2.75) is 18.1 Å². The van der Waals surface area contributed by atoms with Crippen LogP contribution in [0.15, 0.2) is 39.1 Å². The molecule has 0 aliphatic heterocycles. The number of hydrogen-bond donors (Lipinski definition) is 2. The lowest BCUT2D eigenvalue weighted by atomic mass is 10.2. The van der Waals surface area contributed by atoms with E-state index in [1.165, 1.54) is 26.2 Å². The van der Waals surface area contributed by atoms with E-state index in [4.69, 9.17) is 20.9 Å². The fourth-order valence-corrected chi connectivity index (χ4v) is 5.03. The predicted molar refractivity (Wildman–Crippen MR) is 118 cm³/mol. The lowest BCUT2D eigenvalue weighted by molar-refractivity contribution is -0.114. The lowest BCUT2D eigenvalue weighted by Gasteiger charge is -2.08. The van der Waals surface area contributed by atoms with Crippen LogP contribution in [0, 0.1) is 6.92 Å². The molecule has 2 aromatic heterocycles. The van der Waals surface area contributed by atoms with E-state index in [0.717, 1.165) is 11.3 Å². The Hall–Kier alpha value is -2.82. The number of carbonyl (C=O) groups is 1. The molecule has 30 heavy (non-hydrogen) atoms. The zero-order valence-corrected chi connectivity index (χ0v) is 18.6. The minimum Gasteiger partial charge on any atom is -0.495 e. The first-order valence-electron chi connectivity index (χ1n) is 8.58. The number of methoxy groups -OCH3 is 1. The molecule has 8 nitrogen and oxygen atoms in total. The van der Waals surface area contributed by atoms with E-state index in [9.17, 15) is 13.2 Å². The maximum atomic E-state index is 12.7. The van der Waals surface area contributed by atoms with Gasteiger partial charge in [-0.25, -0.2) is 8.42 Å². The second-order valence-corrected chi connectivity index (χ2v) is 9.57. The minimum absolute atomic E-state index is 0.130. The molecule has 3 rings (SSSR count). The van der Waals surface area contributed by atoms with Gasteiger partial charge < -0.3 is 14.6 Å². The normalized spacial score (nSPS) is 11.6. The number of nitrogens with one attached hydrogen (secondary N) is 2. The molecule has 0 aliphatic carbocycles. The zero-order valence-electron chi connectivity index (χ0n) is 16.2. The van der Waals surface area contributed by atoms with Crippen LogP contribution in [0.1, 0.15) is 23.3 Å². The van der Waals surface area contributed by atoms with Crippen molar-refractivity contribution < 1.29 is 22.5 Å². The number of hydrogen-bond acceptors (Lipinski definition) is 7. The Balaban J connectivity index is 1.78. The number of halogens is 1. The maximum absolute atomic E-state index is 12.7. The van der Waals surface area contributed by atoms with Gasteiger partial charge in [0, 0.05) is 11.8 Å². The van der Waals surface area contributed by atoms with Crippen molar-refractivity contribution in [3.63, 3.8) is 0 Å². The van der Waals surface area contributed by atoms with Gasteiger partial charge in [-0.2, -0.15) is 0 Å². The molecule has 0 saturated heterocycles. The SMILES string of the molecule is COc1ccc(NS(=O)(=O)c2ccc(C=Cc3onc(C)c3NC(C)=O)s2)cc1Cl. The molecule has 0 bridgehead atoms. The summed E-state index contributed by atoms with van der Waals surface area (Å²) in [5, 5.41) is 6.78. The van der Waals surface area contributed by atoms with Crippen molar-refractivity contribution in [2.24, 2.45) is 0 Å². The molecule has 11 heteroatoms. The Morgan fingerprint density at radius 2 is 2.03 bits per heavy atom. The highest BCUT2D eigenvalue weighted by atomic mass is 35.5. The number of nitrogens with zero attached hydrogens (tertiary/aromatic N) is 1. The van der Waals surface area contributed by atoms with Crippen LogP contribution in [0.5, 0.6) is 5.75 Å². The summed E-state index contributed by atoms with van der Waals surface area (Å²) in [5.41, 5.74) is 1.34. The number of rotatable bonds is 7. The second-order valence-electron chi connectivity index (χ2n) is 6.13. The largest absolute Gasteiger partial charge is 0.495 e. The highest BCUT2D eigenvalue weighted by Gasteiger charge is 2.18. The fourth-order valence-electron chi connectivity index (χ4n) is 2.49. The fraction of sp³-hybridized carbons (Fsp3) is 0.158. The molecule has 2 N–H and O–H groups in total. The number of aryl methyl sites for hydroxylation is 1. The second kappa shape index (κ2) is 8.90. The molecule has 1 amide bonds. The van der Waals surface area contributed by atoms with Crippen LogP contribution in [-0.2, 0) is 14.8 Å². The first-order valence-corrected chi connectivity index (χ1v) is 11.3. The van der Waals surface area contributed by atoms with Gasteiger partial charge in [-0.15, -0.1) is 11.3 Å². The van der Waals surface area contributed by atoms with Crippen LogP contribution in [0.25, 0.3) is 12.2 Å². The summed E-state index contributed by atoms with van der Waals surface area (Å²) in [5.74, 6) is 0.570. The van der Waals surface area contributed by atoms with Crippen LogP contribution in [0.2, 0.25) is 5.02 Å². The van der Waals surface area contributed by atoms with Crippen molar-refractivity contribution in [1.82, 2.24) is 5.16 Å². The van der Waals surface area contributed by atoms with E-state index >= 15 is 0 Å².